The van der Waals surface area contributed by atoms with Gasteiger partial charge in [-0.1, -0.05) is 13.8 Å². The van der Waals surface area contributed by atoms with Gasteiger partial charge >= 0.3 is 6.18 Å². The standard InChI is InChI=1S/C17H20F3N3O2/c1-9(2)16-23-13-6-10(5-12(15(13)25-16)17(18,19)20)7-21-8-11-3-4-14(24)22-11/h5-6,9,11,21H,3-4,7-8H2,1-2H3,(H,22,24). The molecule has 2 heterocycles. The van der Waals surface area contributed by atoms with E-state index in [1.807, 2.05) is 13.8 Å². The van der Waals surface area contributed by atoms with Gasteiger partial charge in [0.1, 0.15) is 11.1 Å². The summed E-state index contributed by atoms with van der Waals surface area (Å²) in [7, 11) is 0. The first-order valence-electron chi connectivity index (χ1n) is 8.24. The molecule has 25 heavy (non-hydrogen) atoms. The smallest absolute Gasteiger partial charge is 0.420 e. The molecule has 0 spiro atoms. The van der Waals surface area contributed by atoms with Crippen molar-refractivity contribution in [3.8, 4) is 0 Å². The second-order valence-electron chi connectivity index (χ2n) is 6.63. The number of fused-ring (bicyclic) bond motifs is 1. The van der Waals surface area contributed by atoms with E-state index in [9.17, 15) is 18.0 Å². The van der Waals surface area contributed by atoms with Crippen molar-refractivity contribution >= 4 is 17.0 Å². The maximum atomic E-state index is 13.4. The molecule has 1 aromatic carbocycles. The summed E-state index contributed by atoms with van der Waals surface area (Å²) < 4.78 is 45.4. The number of amides is 1. The van der Waals surface area contributed by atoms with Gasteiger partial charge in [-0.2, -0.15) is 13.2 Å². The molecule has 2 aromatic rings. The van der Waals surface area contributed by atoms with E-state index in [1.165, 1.54) is 0 Å². The second kappa shape index (κ2) is 6.67. The molecule has 8 heteroatoms. The SMILES string of the molecule is CC(C)c1nc2cc(CNCC3CCC(=O)N3)cc(C(F)(F)F)c2o1. The maximum Gasteiger partial charge on any atom is 0.420 e. The molecule has 3 rings (SSSR count). The first kappa shape index (κ1) is 17.7. The van der Waals surface area contributed by atoms with Crippen LogP contribution >= 0.6 is 0 Å². The lowest BCUT2D eigenvalue weighted by Crippen LogP contribution is -2.35. The highest BCUT2D eigenvalue weighted by molar-refractivity contribution is 5.79. The number of nitrogens with one attached hydrogen (secondary N) is 2. The molecule has 1 atom stereocenters. The van der Waals surface area contributed by atoms with Crippen LogP contribution in [-0.2, 0) is 17.5 Å². The quantitative estimate of drug-likeness (QED) is 0.863. The molecule has 1 unspecified atom stereocenters. The molecule has 0 radical (unpaired) electrons. The fourth-order valence-corrected chi connectivity index (χ4v) is 2.89. The minimum atomic E-state index is -4.51. The summed E-state index contributed by atoms with van der Waals surface area (Å²) >= 11 is 0. The van der Waals surface area contributed by atoms with Crippen molar-refractivity contribution in [3.63, 3.8) is 0 Å². The van der Waals surface area contributed by atoms with E-state index in [-0.39, 0.29) is 35.5 Å². The molecule has 0 saturated carbocycles. The highest BCUT2D eigenvalue weighted by atomic mass is 19.4. The summed E-state index contributed by atoms with van der Waals surface area (Å²) in [6.07, 6.45) is -3.28. The lowest BCUT2D eigenvalue weighted by atomic mass is 10.1. The van der Waals surface area contributed by atoms with Crippen LogP contribution in [0.4, 0.5) is 13.2 Å². The van der Waals surface area contributed by atoms with E-state index < -0.39 is 11.7 Å². The molecule has 1 aromatic heterocycles. The molecular weight excluding hydrogens is 335 g/mol. The number of hydrogen-bond acceptors (Lipinski definition) is 4. The Morgan fingerprint density at radius 2 is 2.16 bits per heavy atom. The first-order chi connectivity index (χ1) is 11.7. The van der Waals surface area contributed by atoms with Crippen molar-refractivity contribution in [1.29, 1.82) is 0 Å². The summed E-state index contributed by atoms with van der Waals surface area (Å²) in [6, 6.07) is 2.73. The Balaban J connectivity index is 1.81. The molecule has 0 bridgehead atoms. The van der Waals surface area contributed by atoms with Crippen molar-refractivity contribution in [1.82, 2.24) is 15.6 Å². The summed E-state index contributed by atoms with van der Waals surface area (Å²) in [6.45, 7) is 4.41. The monoisotopic (exact) mass is 355 g/mol. The third-order valence-electron chi connectivity index (χ3n) is 4.17. The summed E-state index contributed by atoms with van der Waals surface area (Å²) in [5.41, 5.74) is -0.337. The van der Waals surface area contributed by atoms with Crippen LogP contribution in [0, 0.1) is 0 Å². The van der Waals surface area contributed by atoms with E-state index in [1.54, 1.807) is 6.07 Å². The number of hydrogen-bond donors (Lipinski definition) is 2. The van der Waals surface area contributed by atoms with Crippen LogP contribution in [0.5, 0.6) is 0 Å². The molecule has 0 aliphatic carbocycles. The molecule has 1 amide bonds. The molecule has 1 fully saturated rings. The number of carbonyl (C=O) groups is 1. The minimum Gasteiger partial charge on any atom is -0.440 e. The zero-order valence-electron chi connectivity index (χ0n) is 14.0. The van der Waals surface area contributed by atoms with Crippen LogP contribution in [0.3, 0.4) is 0 Å². The number of oxazole rings is 1. The zero-order chi connectivity index (χ0) is 18.2. The van der Waals surface area contributed by atoms with Crippen molar-refractivity contribution < 1.29 is 22.4 Å². The first-order valence-corrected chi connectivity index (χ1v) is 8.24. The molecule has 5 nitrogen and oxygen atoms in total. The number of alkyl halides is 3. The van der Waals surface area contributed by atoms with Crippen molar-refractivity contribution in [3.05, 3.63) is 29.2 Å². The van der Waals surface area contributed by atoms with Crippen molar-refractivity contribution in [2.45, 2.75) is 51.4 Å². The Hall–Kier alpha value is -2.09. The highest BCUT2D eigenvalue weighted by Crippen LogP contribution is 2.37. The Kier molecular flexibility index (Phi) is 4.73. The Morgan fingerprint density at radius 1 is 1.40 bits per heavy atom. The molecular formula is C17H20F3N3O2. The van der Waals surface area contributed by atoms with Crippen LogP contribution in [0.2, 0.25) is 0 Å². The minimum absolute atomic E-state index is 0.0105. The molecule has 2 N–H and O–H groups in total. The summed E-state index contributed by atoms with van der Waals surface area (Å²) in [4.78, 5) is 15.4. The van der Waals surface area contributed by atoms with Crippen molar-refractivity contribution in [2.24, 2.45) is 0 Å². The topological polar surface area (TPSA) is 67.2 Å². The predicted molar refractivity (Wildman–Crippen MR) is 86.0 cm³/mol. The van der Waals surface area contributed by atoms with E-state index in [4.69, 9.17) is 4.42 Å². The Labute approximate surface area is 143 Å². The van der Waals surface area contributed by atoms with Gasteiger partial charge in [0.15, 0.2) is 11.5 Å². The third-order valence-corrected chi connectivity index (χ3v) is 4.17. The summed E-state index contributed by atoms with van der Waals surface area (Å²) in [5, 5.41) is 5.91. The lowest BCUT2D eigenvalue weighted by molar-refractivity contribution is -0.137. The number of nitrogens with zero attached hydrogens (tertiary/aromatic N) is 1. The van der Waals surface area contributed by atoms with Gasteiger partial charge in [-0.05, 0) is 24.1 Å². The highest BCUT2D eigenvalue weighted by Gasteiger charge is 2.35. The molecule has 1 aliphatic heterocycles. The van der Waals surface area contributed by atoms with Crippen LogP contribution < -0.4 is 10.6 Å². The van der Waals surface area contributed by atoms with Crippen molar-refractivity contribution in [2.75, 3.05) is 6.54 Å². The summed E-state index contributed by atoms with van der Waals surface area (Å²) in [5.74, 6) is 0.205. The number of benzene rings is 1. The van der Waals surface area contributed by atoms with Gasteiger partial charge in [0.25, 0.3) is 0 Å². The number of rotatable bonds is 5. The average molecular weight is 355 g/mol. The fourth-order valence-electron chi connectivity index (χ4n) is 2.89. The predicted octanol–water partition coefficient (Wildman–Crippen LogP) is 3.34. The van der Waals surface area contributed by atoms with E-state index >= 15 is 0 Å². The zero-order valence-corrected chi connectivity index (χ0v) is 14.0. The maximum absolute atomic E-state index is 13.4. The van der Waals surface area contributed by atoms with Crippen LogP contribution in [-0.4, -0.2) is 23.5 Å². The van der Waals surface area contributed by atoms with Gasteiger partial charge < -0.3 is 15.1 Å². The van der Waals surface area contributed by atoms with Gasteiger partial charge in [-0.15, -0.1) is 0 Å². The van der Waals surface area contributed by atoms with Gasteiger partial charge in [0.2, 0.25) is 5.91 Å². The number of carbonyl (C=O) groups excluding carboxylic acids is 1. The molecule has 1 aliphatic rings. The van der Waals surface area contributed by atoms with Crippen LogP contribution in [0.25, 0.3) is 11.1 Å². The Bertz CT molecular complexity index is 783. The average Bonchev–Trinajstić information content (AvgIpc) is 3.11. The number of aromatic nitrogens is 1. The van der Waals surface area contributed by atoms with Gasteiger partial charge in [0.05, 0.1) is 0 Å². The van der Waals surface area contributed by atoms with E-state index in [2.05, 4.69) is 15.6 Å². The second-order valence-corrected chi connectivity index (χ2v) is 6.63. The molecule has 1 saturated heterocycles. The van der Waals surface area contributed by atoms with E-state index in [0.29, 0.717) is 24.4 Å². The molecule has 136 valence electrons. The van der Waals surface area contributed by atoms with E-state index in [0.717, 1.165) is 12.5 Å². The number of halogens is 3. The normalized spacial score (nSPS) is 18.3. The fraction of sp³-hybridized carbons (Fsp3) is 0.529. The lowest BCUT2D eigenvalue weighted by Gasteiger charge is -2.13. The third kappa shape index (κ3) is 3.95. The van der Waals surface area contributed by atoms with Gasteiger partial charge in [-0.3, -0.25) is 4.79 Å². The van der Waals surface area contributed by atoms with Gasteiger partial charge in [0, 0.05) is 31.5 Å². The van der Waals surface area contributed by atoms with Gasteiger partial charge in [-0.25, -0.2) is 4.98 Å². The largest absolute Gasteiger partial charge is 0.440 e. The van der Waals surface area contributed by atoms with Crippen LogP contribution in [0.15, 0.2) is 16.5 Å². The van der Waals surface area contributed by atoms with Crippen LogP contribution in [0.1, 0.15) is 49.6 Å². The Morgan fingerprint density at radius 3 is 2.76 bits per heavy atom.